The van der Waals surface area contributed by atoms with Gasteiger partial charge in [0.2, 0.25) is 0 Å². The molecule has 0 amide bonds. The van der Waals surface area contributed by atoms with E-state index in [4.69, 9.17) is 5.26 Å². The van der Waals surface area contributed by atoms with E-state index in [0.29, 0.717) is 6.54 Å². The van der Waals surface area contributed by atoms with Crippen LogP contribution in [0.25, 0.3) is 10.8 Å². The Kier molecular flexibility index (Phi) is 2.88. The van der Waals surface area contributed by atoms with Gasteiger partial charge in [-0.25, -0.2) is 0 Å². The van der Waals surface area contributed by atoms with Crippen LogP contribution in [0.3, 0.4) is 0 Å². The van der Waals surface area contributed by atoms with Crippen LogP contribution in [0.15, 0.2) is 55.1 Å². The molecule has 0 saturated heterocycles. The molecule has 0 fully saturated rings. The van der Waals surface area contributed by atoms with Gasteiger partial charge < -0.3 is 0 Å². The highest BCUT2D eigenvalue weighted by Crippen LogP contribution is 2.26. The van der Waals surface area contributed by atoms with Gasteiger partial charge in [0.1, 0.15) is 0 Å². The lowest BCUT2D eigenvalue weighted by atomic mass is 10.1. The van der Waals surface area contributed by atoms with Gasteiger partial charge in [-0.05, 0) is 11.5 Å². The third kappa shape index (κ3) is 1.76. The molecule has 0 N–H and O–H groups in total. The fraction of sp³-hybridized carbons (Fsp3) is 0.0714. The summed E-state index contributed by atoms with van der Waals surface area (Å²) < 4.78 is 0. The van der Waals surface area contributed by atoms with Crippen LogP contribution in [0.2, 0.25) is 0 Å². The van der Waals surface area contributed by atoms with E-state index in [0.717, 1.165) is 16.5 Å². The van der Waals surface area contributed by atoms with E-state index in [-0.39, 0.29) is 0 Å². The molecule has 0 atom stereocenters. The van der Waals surface area contributed by atoms with E-state index in [2.05, 4.69) is 12.8 Å². The van der Waals surface area contributed by atoms with Gasteiger partial charge in [0.25, 0.3) is 0 Å². The largest absolute Gasteiger partial charge is 0.275 e. The number of benzene rings is 2. The zero-order chi connectivity index (χ0) is 11.4. The molecule has 0 spiro atoms. The van der Waals surface area contributed by atoms with Crippen LogP contribution in [0.5, 0.6) is 0 Å². The molecule has 0 saturated carbocycles. The van der Waals surface area contributed by atoms with Crippen molar-refractivity contribution in [2.24, 2.45) is 0 Å². The molecule has 0 bridgehead atoms. The van der Waals surface area contributed by atoms with Gasteiger partial charge >= 0.3 is 0 Å². The quantitative estimate of drug-likeness (QED) is 0.439. The third-order valence-electron chi connectivity index (χ3n) is 2.49. The smallest absolute Gasteiger partial charge is 0.184 e. The van der Waals surface area contributed by atoms with Crippen molar-refractivity contribution in [3.05, 3.63) is 55.1 Å². The highest BCUT2D eigenvalue weighted by atomic mass is 15.1. The average molecular weight is 208 g/mol. The van der Waals surface area contributed by atoms with Crippen LogP contribution in [0, 0.1) is 11.5 Å². The lowest BCUT2D eigenvalue weighted by Crippen LogP contribution is -2.16. The van der Waals surface area contributed by atoms with E-state index in [9.17, 15) is 0 Å². The number of fused-ring (bicyclic) bond motifs is 1. The molecule has 0 unspecified atom stereocenters. The second-order valence-corrected chi connectivity index (χ2v) is 3.50. The van der Waals surface area contributed by atoms with Gasteiger partial charge in [-0.1, -0.05) is 42.5 Å². The number of nitriles is 1. The van der Waals surface area contributed by atoms with E-state index in [1.54, 1.807) is 11.0 Å². The van der Waals surface area contributed by atoms with Gasteiger partial charge in [-0.3, -0.25) is 4.90 Å². The molecule has 2 heteroatoms. The second kappa shape index (κ2) is 4.50. The lowest BCUT2D eigenvalue weighted by molar-refractivity contribution is 1.11. The maximum atomic E-state index is 9.10. The summed E-state index contributed by atoms with van der Waals surface area (Å²) in [4.78, 5) is 1.63. The molecule has 2 aromatic carbocycles. The summed E-state index contributed by atoms with van der Waals surface area (Å²) in [5, 5.41) is 11.3. The summed E-state index contributed by atoms with van der Waals surface area (Å²) in [6.07, 6.45) is 3.90. The van der Waals surface area contributed by atoms with Crippen LogP contribution >= 0.6 is 0 Å². The Morgan fingerprint density at radius 2 is 1.94 bits per heavy atom. The third-order valence-corrected chi connectivity index (χ3v) is 2.49. The normalized spacial score (nSPS) is 9.69. The highest BCUT2D eigenvalue weighted by molar-refractivity contribution is 5.94. The van der Waals surface area contributed by atoms with E-state index in [1.807, 2.05) is 42.5 Å². The van der Waals surface area contributed by atoms with Crippen LogP contribution in [0.1, 0.15) is 0 Å². The predicted octanol–water partition coefficient (Wildman–Crippen LogP) is 3.31. The van der Waals surface area contributed by atoms with Crippen LogP contribution in [-0.2, 0) is 0 Å². The van der Waals surface area contributed by atoms with Crippen molar-refractivity contribution in [2.75, 3.05) is 11.4 Å². The standard InChI is InChI=1S/C14H12N2/c1-2-10-16(11-15)14-9-5-7-12-6-3-4-8-13(12)14/h2-9H,1,10H2. The number of anilines is 1. The molecule has 0 aromatic heterocycles. The maximum absolute atomic E-state index is 9.10. The van der Waals surface area contributed by atoms with Gasteiger partial charge in [0, 0.05) is 5.39 Å². The molecule has 78 valence electrons. The maximum Gasteiger partial charge on any atom is 0.184 e. The van der Waals surface area contributed by atoms with Gasteiger partial charge in [0.15, 0.2) is 6.19 Å². The Bertz CT molecular complexity index is 547. The summed E-state index contributed by atoms with van der Waals surface area (Å²) in [7, 11) is 0. The first kappa shape index (κ1) is 10.3. The van der Waals surface area contributed by atoms with Crippen molar-refractivity contribution in [3.8, 4) is 6.19 Å². The van der Waals surface area contributed by atoms with Crippen LogP contribution < -0.4 is 4.90 Å². The zero-order valence-corrected chi connectivity index (χ0v) is 8.93. The lowest BCUT2D eigenvalue weighted by Gasteiger charge is -2.15. The van der Waals surface area contributed by atoms with Crippen molar-refractivity contribution in [1.29, 1.82) is 5.26 Å². The Morgan fingerprint density at radius 3 is 2.69 bits per heavy atom. The molecule has 0 aliphatic heterocycles. The summed E-state index contributed by atoms with van der Waals surface area (Å²) in [5.41, 5.74) is 0.931. The molecule has 0 heterocycles. The Labute approximate surface area is 95.0 Å². The van der Waals surface area contributed by atoms with Gasteiger partial charge in [0.05, 0.1) is 12.2 Å². The van der Waals surface area contributed by atoms with Crippen molar-refractivity contribution in [3.63, 3.8) is 0 Å². The summed E-state index contributed by atoms with van der Waals surface area (Å²) >= 11 is 0. The fourth-order valence-corrected chi connectivity index (χ4v) is 1.77. The first-order valence-corrected chi connectivity index (χ1v) is 5.12. The van der Waals surface area contributed by atoms with Crippen LogP contribution in [-0.4, -0.2) is 6.54 Å². The van der Waals surface area contributed by atoms with Gasteiger partial charge in [-0.15, -0.1) is 6.58 Å². The summed E-state index contributed by atoms with van der Waals surface area (Å²) in [6.45, 7) is 4.19. The molecule has 0 aliphatic rings. The number of hydrogen-bond donors (Lipinski definition) is 0. The highest BCUT2D eigenvalue weighted by Gasteiger charge is 2.06. The second-order valence-electron chi connectivity index (χ2n) is 3.50. The topological polar surface area (TPSA) is 27.0 Å². The van der Waals surface area contributed by atoms with Gasteiger partial charge in [-0.2, -0.15) is 5.26 Å². The first-order chi connectivity index (χ1) is 7.86. The molecule has 0 radical (unpaired) electrons. The molecule has 2 aromatic rings. The van der Waals surface area contributed by atoms with Crippen molar-refractivity contribution < 1.29 is 0 Å². The molecule has 2 rings (SSSR count). The van der Waals surface area contributed by atoms with E-state index < -0.39 is 0 Å². The van der Waals surface area contributed by atoms with Crippen LogP contribution in [0.4, 0.5) is 5.69 Å². The van der Waals surface area contributed by atoms with Crippen molar-refractivity contribution in [2.45, 2.75) is 0 Å². The van der Waals surface area contributed by atoms with E-state index >= 15 is 0 Å². The van der Waals surface area contributed by atoms with Crippen molar-refractivity contribution in [1.82, 2.24) is 0 Å². The fourth-order valence-electron chi connectivity index (χ4n) is 1.77. The number of rotatable bonds is 3. The first-order valence-electron chi connectivity index (χ1n) is 5.12. The molecular formula is C14H12N2. The summed E-state index contributed by atoms with van der Waals surface area (Å²) in [6, 6.07) is 14.0. The Morgan fingerprint density at radius 1 is 1.19 bits per heavy atom. The Hall–Kier alpha value is -2.27. The predicted molar refractivity (Wildman–Crippen MR) is 67.1 cm³/mol. The minimum absolute atomic E-state index is 0.532. The molecule has 16 heavy (non-hydrogen) atoms. The molecular weight excluding hydrogens is 196 g/mol. The average Bonchev–Trinajstić information content (AvgIpc) is 2.35. The summed E-state index contributed by atoms with van der Waals surface area (Å²) in [5.74, 6) is 0. The zero-order valence-electron chi connectivity index (χ0n) is 8.93. The number of hydrogen-bond acceptors (Lipinski definition) is 2. The Balaban J connectivity index is 2.59. The van der Waals surface area contributed by atoms with E-state index in [1.165, 1.54) is 0 Å². The monoisotopic (exact) mass is 208 g/mol. The SMILES string of the molecule is C=CCN(C#N)c1cccc2ccccc12. The van der Waals surface area contributed by atoms with Crippen molar-refractivity contribution >= 4 is 16.5 Å². The number of nitrogens with zero attached hydrogens (tertiary/aromatic N) is 2. The molecule has 0 aliphatic carbocycles. The molecule has 2 nitrogen and oxygen atoms in total. The minimum atomic E-state index is 0.532. The minimum Gasteiger partial charge on any atom is -0.275 e.